The molecule has 2 heterocycles. The minimum Gasteiger partial charge on any atom is -0.311 e. The molecule has 0 fully saturated rings. The molecule has 8 rings (SSSR count). The van der Waals surface area contributed by atoms with Gasteiger partial charge in [0.1, 0.15) is 0 Å². The molecule has 0 atom stereocenters. The number of hydrogen-bond acceptors (Lipinski definition) is 2. The fourth-order valence-electron chi connectivity index (χ4n) is 6.96. The molecule has 0 bridgehead atoms. The van der Waals surface area contributed by atoms with Crippen LogP contribution in [0.4, 0.5) is 34.1 Å². The van der Waals surface area contributed by atoms with E-state index in [4.69, 9.17) is 0 Å². The van der Waals surface area contributed by atoms with Gasteiger partial charge in [0.2, 0.25) is 6.71 Å². The van der Waals surface area contributed by atoms with E-state index in [1.165, 1.54) is 61.3 Å². The molecule has 0 saturated heterocycles. The smallest absolute Gasteiger partial charge is 0.248 e. The van der Waals surface area contributed by atoms with Crippen LogP contribution in [-0.4, -0.2) is 6.71 Å². The highest BCUT2D eigenvalue weighted by atomic mass is 15.2. The van der Waals surface area contributed by atoms with Crippen LogP contribution < -0.4 is 26.2 Å². The average molecular weight is 539 g/mol. The zero-order chi connectivity index (χ0) is 28.4. The van der Waals surface area contributed by atoms with E-state index >= 15 is 0 Å². The largest absolute Gasteiger partial charge is 0.311 e. The molecule has 0 aliphatic carbocycles. The summed E-state index contributed by atoms with van der Waals surface area (Å²) in [5.41, 5.74) is 17.8. The fraction of sp³-hybridized carbons (Fsp3) is 0.0769. The Balaban J connectivity index is 1.48. The Hall–Kier alpha value is -5.02. The first-order valence-corrected chi connectivity index (χ1v) is 14.7. The van der Waals surface area contributed by atoms with Crippen molar-refractivity contribution in [1.82, 2.24) is 0 Å². The van der Waals surface area contributed by atoms with Gasteiger partial charge in [0.25, 0.3) is 0 Å². The number of rotatable bonds is 4. The lowest BCUT2D eigenvalue weighted by molar-refractivity contribution is 1.25. The maximum Gasteiger partial charge on any atom is 0.248 e. The highest BCUT2D eigenvalue weighted by Gasteiger charge is 2.43. The van der Waals surface area contributed by atoms with Crippen LogP contribution in [-0.2, 0) is 0 Å². The monoisotopic (exact) mass is 538 g/mol. The number of fused-ring (bicyclic) bond motifs is 5. The average Bonchev–Trinajstić information content (AvgIpc) is 3.32. The SMILES string of the molecule is Cc1cccc(N2c3cc(C)ccc3B3c4ccc(C)cc4-c4cc(N(c5ccccc5)c5ccccc5)cc2c43)c1. The Morgan fingerprint density at radius 3 is 1.81 bits per heavy atom. The van der Waals surface area contributed by atoms with Crippen LogP contribution in [0.3, 0.4) is 0 Å². The van der Waals surface area contributed by atoms with E-state index < -0.39 is 0 Å². The van der Waals surface area contributed by atoms with Gasteiger partial charge in [-0.2, -0.15) is 0 Å². The van der Waals surface area contributed by atoms with Gasteiger partial charge in [-0.15, -0.1) is 0 Å². The fourth-order valence-corrected chi connectivity index (χ4v) is 6.96. The van der Waals surface area contributed by atoms with Gasteiger partial charge in [0.05, 0.1) is 0 Å². The lowest BCUT2D eigenvalue weighted by Crippen LogP contribution is -2.54. The maximum atomic E-state index is 2.50. The first-order chi connectivity index (χ1) is 20.6. The Labute approximate surface area is 248 Å². The van der Waals surface area contributed by atoms with Crippen LogP contribution in [0.15, 0.2) is 133 Å². The zero-order valence-corrected chi connectivity index (χ0v) is 24.2. The Morgan fingerprint density at radius 1 is 0.476 bits per heavy atom. The molecule has 0 amide bonds. The third-order valence-electron chi connectivity index (χ3n) is 8.77. The van der Waals surface area contributed by atoms with Crippen LogP contribution in [0.5, 0.6) is 0 Å². The summed E-state index contributed by atoms with van der Waals surface area (Å²) >= 11 is 0. The molecule has 0 aromatic heterocycles. The summed E-state index contributed by atoms with van der Waals surface area (Å²) in [4.78, 5) is 4.89. The minimum atomic E-state index is 0.207. The number of nitrogens with zero attached hydrogens (tertiary/aromatic N) is 2. The van der Waals surface area contributed by atoms with E-state index in [1.807, 2.05) is 0 Å². The summed E-state index contributed by atoms with van der Waals surface area (Å²) in [6.45, 7) is 6.79. The number of anilines is 6. The molecule has 0 spiro atoms. The van der Waals surface area contributed by atoms with Crippen molar-refractivity contribution in [3.63, 3.8) is 0 Å². The minimum absolute atomic E-state index is 0.207. The van der Waals surface area contributed by atoms with Crippen LogP contribution in [0, 0.1) is 20.8 Å². The van der Waals surface area contributed by atoms with Crippen molar-refractivity contribution in [3.05, 3.63) is 150 Å². The van der Waals surface area contributed by atoms with Gasteiger partial charge in [-0.3, -0.25) is 0 Å². The number of hydrogen-bond donors (Lipinski definition) is 0. The lowest BCUT2D eigenvalue weighted by atomic mass is 9.37. The molecule has 3 heteroatoms. The quantitative estimate of drug-likeness (QED) is 0.208. The Kier molecular flexibility index (Phi) is 5.62. The summed E-state index contributed by atoms with van der Waals surface area (Å²) in [5.74, 6) is 0. The van der Waals surface area contributed by atoms with E-state index in [1.54, 1.807) is 0 Å². The van der Waals surface area contributed by atoms with Crippen molar-refractivity contribution in [2.24, 2.45) is 0 Å². The van der Waals surface area contributed by atoms with Gasteiger partial charge in [0, 0.05) is 34.1 Å². The van der Waals surface area contributed by atoms with Crippen molar-refractivity contribution >= 4 is 57.2 Å². The van der Waals surface area contributed by atoms with Crippen LogP contribution >= 0.6 is 0 Å². The van der Waals surface area contributed by atoms with Gasteiger partial charge in [-0.1, -0.05) is 89.9 Å². The molecule has 2 nitrogen and oxygen atoms in total. The summed E-state index contributed by atoms with van der Waals surface area (Å²) in [5, 5.41) is 0. The summed E-state index contributed by atoms with van der Waals surface area (Å²) < 4.78 is 0. The van der Waals surface area contributed by atoms with Crippen molar-refractivity contribution in [2.45, 2.75) is 20.8 Å². The normalized spacial score (nSPS) is 12.5. The van der Waals surface area contributed by atoms with Crippen molar-refractivity contribution in [2.75, 3.05) is 9.80 Å². The maximum absolute atomic E-state index is 2.50. The third kappa shape index (κ3) is 3.81. The van der Waals surface area contributed by atoms with Crippen molar-refractivity contribution in [3.8, 4) is 11.1 Å². The van der Waals surface area contributed by atoms with Crippen LogP contribution in [0.1, 0.15) is 16.7 Å². The molecule has 0 N–H and O–H groups in total. The zero-order valence-electron chi connectivity index (χ0n) is 24.2. The predicted molar refractivity (Wildman–Crippen MR) is 180 cm³/mol. The summed E-state index contributed by atoms with van der Waals surface area (Å²) in [7, 11) is 0. The lowest BCUT2D eigenvalue weighted by Gasteiger charge is -2.37. The molecule has 0 radical (unpaired) electrons. The molecule has 2 aliphatic rings. The topological polar surface area (TPSA) is 6.48 Å². The van der Waals surface area contributed by atoms with Gasteiger partial charge in [0.15, 0.2) is 0 Å². The van der Waals surface area contributed by atoms with E-state index in [9.17, 15) is 0 Å². The molecular weight excluding hydrogens is 507 g/mol. The van der Waals surface area contributed by atoms with Crippen molar-refractivity contribution < 1.29 is 0 Å². The highest BCUT2D eigenvalue weighted by molar-refractivity contribution is 7.01. The molecule has 0 unspecified atom stereocenters. The second-order valence-electron chi connectivity index (χ2n) is 11.7. The first-order valence-electron chi connectivity index (χ1n) is 14.7. The van der Waals surface area contributed by atoms with Gasteiger partial charge >= 0.3 is 0 Å². The molecule has 2 aliphatic heterocycles. The Morgan fingerprint density at radius 2 is 1.12 bits per heavy atom. The predicted octanol–water partition coefficient (Wildman–Crippen LogP) is 8.36. The molecule has 6 aromatic rings. The second kappa shape index (κ2) is 9.53. The van der Waals surface area contributed by atoms with Gasteiger partial charge < -0.3 is 9.80 Å². The molecule has 42 heavy (non-hydrogen) atoms. The van der Waals surface area contributed by atoms with Gasteiger partial charge in [-0.05, 0) is 109 Å². The van der Waals surface area contributed by atoms with Crippen LogP contribution in [0.2, 0.25) is 0 Å². The summed E-state index contributed by atoms with van der Waals surface area (Å²) in [6, 6.07) is 49.2. The molecule has 0 saturated carbocycles. The Bertz CT molecular complexity index is 1940. The second-order valence-corrected chi connectivity index (χ2v) is 11.7. The standard InChI is InChI=1S/C39H31BN2/c1-26-11-10-16-31(21-26)42-37-23-28(3)18-20-36(37)40-35-19-17-27(2)22-33(35)34-24-32(25-38(42)39(34)40)41(29-12-6-4-7-13-29)30-14-8-5-9-15-30/h4-25H,1-3H3. The number of benzene rings is 6. The third-order valence-corrected chi connectivity index (χ3v) is 8.77. The summed E-state index contributed by atoms with van der Waals surface area (Å²) in [6.07, 6.45) is 0. The molecule has 200 valence electrons. The van der Waals surface area contributed by atoms with E-state index in [0.717, 1.165) is 17.1 Å². The molecular formula is C39H31BN2. The van der Waals surface area contributed by atoms with Crippen molar-refractivity contribution in [1.29, 1.82) is 0 Å². The first kappa shape index (κ1) is 24.8. The van der Waals surface area contributed by atoms with E-state index in [-0.39, 0.29) is 6.71 Å². The van der Waals surface area contributed by atoms with Gasteiger partial charge in [-0.25, -0.2) is 0 Å². The van der Waals surface area contributed by atoms with E-state index in [2.05, 4.69) is 164 Å². The number of aryl methyl sites for hydroxylation is 3. The van der Waals surface area contributed by atoms with Crippen LogP contribution in [0.25, 0.3) is 11.1 Å². The molecule has 6 aromatic carbocycles. The highest BCUT2D eigenvalue weighted by Crippen LogP contribution is 2.45. The van der Waals surface area contributed by atoms with E-state index in [0.29, 0.717) is 0 Å². The number of para-hydroxylation sites is 2.